The molecular weight excluding hydrogens is 553 g/mol. The number of imide groups is 1. The highest BCUT2D eigenvalue weighted by molar-refractivity contribution is 6.35. The van der Waals surface area contributed by atoms with Crippen molar-refractivity contribution in [2.45, 2.75) is 49.9 Å². The third-order valence-corrected chi connectivity index (χ3v) is 7.71. The summed E-state index contributed by atoms with van der Waals surface area (Å²) in [6.07, 6.45) is -4.20. The first-order chi connectivity index (χ1) is 17.8. The number of rotatable bonds is 4. The van der Waals surface area contributed by atoms with Crippen LogP contribution in [-0.4, -0.2) is 47.6 Å². The van der Waals surface area contributed by atoms with E-state index in [9.17, 15) is 31.9 Å². The van der Waals surface area contributed by atoms with E-state index in [4.69, 9.17) is 28.0 Å². The Labute approximate surface area is 223 Å². The maximum Gasteiger partial charge on any atom is 0.435 e. The summed E-state index contributed by atoms with van der Waals surface area (Å²) in [6, 6.07) is 3.61. The van der Waals surface area contributed by atoms with E-state index in [1.54, 1.807) is 0 Å². The van der Waals surface area contributed by atoms with Gasteiger partial charge in [-0.25, -0.2) is 4.39 Å². The molecule has 7 nitrogen and oxygen atoms in total. The van der Waals surface area contributed by atoms with Crippen molar-refractivity contribution in [1.29, 1.82) is 0 Å². The molecule has 2 aliphatic heterocycles. The van der Waals surface area contributed by atoms with Crippen LogP contribution in [0.2, 0.25) is 10.0 Å². The van der Waals surface area contributed by atoms with Crippen LogP contribution in [0.3, 0.4) is 0 Å². The Hall–Kier alpha value is -3.18. The number of likely N-dealkylation sites (N-methyl/N-ethyl adjacent to an activating group) is 1. The summed E-state index contributed by atoms with van der Waals surface area (Å²) in [5, 5.41) is 5.19. The topological polar surface area (TPSA) is 88.1 Å². The first-order valence-electron chi connectivity index (χ1n) is 11.6. The van der Waals surface area contributed by atoms with Crippen molar-refractivity contribution < 1.29 is 36.8 Å². The van der Waals surface area contributed by atoms with Crippen LogP contribution in [0.5, 0.6) is 0 Å². The van der Waals surface area contributed by atoms with Gasteiger partial charge in [0.25, 0.3) is 17.4 Å². The zero-order valence-corrected chi connectivity index (χ0v) is 21.2. The van der Waals surface area contributed by atoms with Gasteiger partial charge in [0.05, 0.1) is 22.2 Å². The van der Waals surface area contributed by atoms with E-state index in [0.29, 0.717) is 36.0 Å². The molecule has 200 valence electrons. The van der Waals surface area contributed by atoms with E-state index in [1.165, 1.54) is 19.2 Å². The van der Waals surface area contributed by atoms with Gasteiger partial charge in [0.1, 0.15) is 6.04 Å². The normalized spacial score (nSPS) is 23.0. The highest BCUT2D eigenvalue weighted by Crippen LogP contribution is 2.50. The van der Waals surface area contributed by atoms with Crippen LogP contribution in [0.15, 0.2) is 29.4 Å². The average Bonchev–Trinajstić information content (AvgIpc) is 3.58. The van der Waals surface area contributed by atoms with Gasteiger partial charge in [0, 0.05) is 30.2 Å². The van der Waals surface area contributed by atoms with Crippen molar-refractivity contribution in [1.82, 2.24) is 10.2 Å². The molecule has 2 aromatic carbocycles. The molecule has 2 unspecified atom stereocenters. The first-order valence-corrected chi connectivity index (χ1v) is 12.3. The fourth-order valence-corrected chi connectivity index (χ4v) is 5.62. The summed E-state index contributed by atoms with van der Waals surface area (Å²) in [4.78, 5) is 43.0. The summed E-state index contributed by atoms with van der Waals surface area (Å²) >= 11 is 11.5. The number of fused-ring (bicyclic) bond motifs is 1. The molecule has 1 N–H and O–H groups in total. The molecule has 0 spiro atoms. The van der Waals surface area contributed by atoms with Gasteiger partial charge in [-0.05, 0) is 48.6 Å². The monoisotopic (exact) mass is 571 g/mol. The molecule has 3 aliphatic rings. The van der Waals surface area contributed by atoms with Gasteiger partial charge in [-0.15, -0.1) is 0 Å². The number of benzene rings is 2. The van der Waals surface area contributed by atoms with Gasteiger partial charge in [-0.2, -0.15) is 13.2 Å². The van der Waals surface area contributed by atoms with E-state index in [1.807, 2.05) is 0 Å². The Morgan fingerprint density at radius 3 is 2.42 bits per heavy atom. The quantitative estimate of drug-likeness (QED) is 0.327. The Kier molecular flexibility index (Phi) is 6.42. The molecule has 13 heteroatoms. The summed E-state index contributed by atoms with van der Waals surface area (Å²) < 4.78 is 57.1. The van der Waals surface area contributed by atoms with E-state index in [2.05, 4.69) is 10.5 Å². The standard InChI is InChI=1S/C25H19Cl2F4N3O4/c1-34-20(35)9-18(23(34)37)32-22(36)15-6-5-14(12-3-2-4-13(12)15)19-10-24(38-33-19,25(29,30)31)11-7-16(26)21(28)17(27)8-11/h5-8,18H,2-4,9-10H2,1H3,(H,32,36). The SMILES string of the molecule is CN1C(=O)CC(NC(=O)c2ccc(C3=NOC(c4cc(Cl)c(F)c(Cl)c4)(C(F)(F)F)C3)c3c2CCC3)C1=O. The fourth-order valence-electron chi connectivity index (χ4n) is 5.13. The molecule has 0 radical (unpaired) electrons. The van der Waals surface area contributed by atoms with E-state index < -0.39 is 63.4 Å². The van der Waals surface area contributed by atoms with Crippen molar-refractivity contribution in [2.75, 3.05) is 7.05 Å². The number of halogens is 6. The number of likely N-dealkylation sites (tertiary alicyclic amines) is 1. The molecule has 3 amide bonds. The van der Waals surface area contributed by atoms with Gasteiger partial charge in [0.2, 0.25) is 5.91 Å². The summed E-state index contributed by atoms with van der Waals surface area (Å²) in [6.45, 7) is 0. The minimum atomic E-state index is -4.95. The molecule has 5 rings (SSSR count). The van der Waals surface area contributed by atoms with Crippen LogP contribution < -0.4 is 5.32 Å². The zero-order chi connectivity index (χ0) is 27.6. The van der Waals surface area contributed by atoms with Gasteiger partial charge < -0.3 is 10.2 Å². The van der Waals surface area contributed by atoms with Crippen LogP contribution in [0.1, 0.15) is 51.9 Å². The lowest BCUT2D eigenvalue weighted by molar-refractivity contribution is -0.275. The van der Waals surface area contributed by atoms with Crippen molar-refractivity contribution in [2.24, 2.45) is 5.16 Å². The Balaban J connectivity index is 1.46. The van der Waals surface area contributed by atoms with Crippen molar-refractivity contribution in [3.8, 4) is 0 Å². The minimum Gasteiger partial charge on any atom is -0.374 e. The number of nitrogens with zero attached hydrogens (tertiary/aromatic N) is 2. The Bertz CT molecular complexity index is 1410. The molecule has 0 saturated carbocycles. The number of hydrogen-bond donors (Lipinski definition) is 1. The lowest BCUT2D eigenvalue weighted by Gasteiger charge is -2.30. The Morgan fingerprint density at radius 1 is 1.16 bits per heavy atom. The highest BCUT2D eigenvalue weighted by atomic mass is 35.5. The second-order valence-electron chi connectivity index (χ2n) is 9.38. The van der Waals surface area contributed by atoms with E-state index in [-0.39, 0.29) is 17.7 Å². The zero-order valence-electron chi connectivity index (χ0n) is 19.7. The van der Waals surface area contributed by atoms with E-state index >= 15 is 0 Å². The second-order valence-corrected chi connectivity index (χ2v) is 10.2. The maximum atomic E-state index is 14.4. The molecule has 2 heterocycles. The lowest BCUT2D eigenvalue weighted by atomic mass is 9.84. The fraction of sp³-hybridized carbons (Fsp3) is 0.360. The van der Waals surface area contributed by atoms with Crippen LogP contribution >= 0.6 is 23.2 Å². The van der Waals surface area contributed by atoms with Crippen molar-refractivity contribution in [3.63, 3.8) is 0 Å². The molecule has 1 fully saturated rings. The number of carbonyl (C=O) groups excluding carboxylic acids is 3. The predicted octanol–water partition coefficient (Wildman–Crippen LogP) is 4.69. The van der Waals surface area contributed by atoms with Gasteiger partial charge in [-0.1, -0.05) is 34.4 Å². The number of oxime groups is 1. The first kappa shape index (κ1) is 26.4. The molecule has 38 heavy (non-hydrogen) atoms. The number of hydrogen-bond acceptors (Lipinski definition) is 5. The molecule has 2 atom stereocenters. The van der Waals surface area contributed by atoms with E-state index in [0.717, 1.165) is 17.0 Å². The maximum absolute atomic E-state index is 14.4. The molecule has 1 saturated heterocycles. The third-order valence-electron chi connectivity index (χ3n) is 7.16. The van der Waals surface area contributed by atoms with Gasteiger partial charge >= 0.3 is 6.18 Å². The number of carbonyl (C=O) groups is 3. The van der Waals surface area contributed by atoms with Crippen LogP contribution in [0.25, 0.3) is 0 Å². The predicted molar refractivity (Wildman–Crippen MR) is 129 cm³/mol. The van der Waals surface area contributed by atoms with Crippen molar-refractivity contribution >= 4 is 46.6 Å². The average molecular weight is 572 g/mol. The summed E-state index contributed by atoms with van der Waals surface area (Å²) in [7, 11) is 1.34. The second kappa shape index (κ2) is 9.23. The molecule has 0 aromatic heterocycles. The molecular formula is C25H19Cl2F4N3O4. The smallest absolute Gasteiger partial charge is 0.374 e. The van der Waals surface area contributed by atoms with Crippen molar-refractivity contribution in [3.05, 3.63) is 67.9 Å². The van der Waals surface area contributed by atoms with Crippen LogP contribution in [0.4, 0.5) is 17.6 Å². The molecule has 1 aliphatic carbocycles. The number of nitrogens with one attached hydrogen (secondary N) is 1. The largest absolute Gasteiger partial charge is 0.435 e. The molecule has 0 bridgehead atoms. The van der Waals surface area contributed by atoms with Gasteiger partial charge in [0.15, 0.2) is 5.82 Å². The minimum absolute atomic E-state index is 0.00203. The lowest BCUT2D eigenvalue weighted by Crippen LogP contribution is -2.42. The molecule has 2 aromatic rings. The summed E-state index contributed by atoms with van der Waals surface area (Å²) in [5.41, 5.74) is -1.48. The Morgan fingerprint density at radius 2 is 1.82 bits per heavy atom. The van der Waals surface area contributed by atoms with Crippen LogP contribution in [0, 0.1) is 5.82 Å². The summed E-state index contributed by atoms with van der Waals surface area (Å²) in [5.74, 6) is -2.52. The van der Waals surface area contributed by atoms with Gasteiger partial charge in [-0.3, -0.25) is 19.3 Å². The number of amides is 3. The third kappa shape index (κ3) is 4.12. The number of alkyl halides is 3. The highest BCUT2D eigenvalue weighted by Gasteiger charge is 2.62. The van der Waals surface area contributed by atoms with Crippen LogP contribution in [-0.2, 0) is 32.9 Å².